The van der Waals surface area contributed by atoms with Crippen molar-refractivity contribution in [1.29, 1.82) is 10.5 Å². The molecule has 5 aromatic rings. The van der Waals surface area contributed by atoms with Crippen molar-refractivity contribution in [3.8, 4) is 12.1 Å². The number of anilines is 3. The summed E-state index contributed by atoms with van der Waals surface area (Å²) in [5.74, 6) is -0.764. The topological polar surface area (TPSA) is 126 Å². The molecule has 2 aromatic heterocycles. The second-order valence-electron chi connectivity index (χ2n) is 8.07. The SMILES string of the molecule is N#Cc1ccc([C@H](Nc2cc(Cl)c3ncc(C#N)c(Nc4ccc(Cl)c(Cl)c4F)c3c2)c2cn[nH]n2)cc1. The third-order valence-corrected chi connectivity index (χ3v) is 6.82. The molecule has 0 aliphatic rings. The highest BCUT2D eigenvalue weighted by Crippen LogP contribution is 2.38. The van der Waals surface area contributed by atoms with Crippen molar-refractivity contribution in [2.24, 2.45) is 0 Å². The fourth-order valence-electron chi connectivity index (χ4n) is 3.91. The van der Waals surface area contributed by atoms with E-state index in [2.05, 4.69) is 43.2 Å². The van der Waals surface area contributed by atoms with Crippen molar-refractivity contribution in [3.05, 3.63) is 104 Å². The van der Waals surface area contributed by atoms with Crippen LogP contribution in [0.15, 0.2) is 60.9 Å². The van der Waals surface area contributed by atoms with Gasteiger partial charge >= 0.3 is 0 Å². The number of benzene rings is 3. The Balaban J connectivity index is 1.62. The molecule has 0 spiro atoms. The van der Waals surface area contributed by atoms with Crippen molar-refractivity contribution < 1.29 is 4.39 Å². The van der Waals surface area contributed by atoms with Gasteiger partial charge in [0.25, 0.3) is 0 Å². The van der Waals surface area contributed by atoms with Crippen LogP contribution in [0.25, 0.3) is 10.9 Å². The van der Waals surface area contributed by atoms with Crippen LogP contribution < -0.4 is 10.6 Å². The number of nitrogens with zero attached hydrogens (tertiary/aromatic N) is 5. The predicted octanol–water partition coefficient (Wildman–Crippen LogP) is 7.14. The van der Waals surface area contributed by atoms with Crippen molar-refractivity contribution in [3.63, 3.8) is 0 Å². The minimum atomic E-state index is -0.764. The van der Waals surface area contributed by atoms with E-state index in [0.717, 1.165) is 5.56 Å². The molecule has 0 aliphatic heterocycles. The van der Waals surface area contributed by atoms with Crippen molar-refractivity contribution in [2.75, 3.05) is 10.6 Å². The molecule has 0 radical (unpaired) electrons. The smallest absolute Gasteiger partial charge is 0.166 e. The van der Waals surface area contributed by atoms with Gasteiger partial charge in [-0.3, -0.25) is 4.98 Å². The Labute approximate surface area is 230 Å². The molecule has 2 heterocycles. The number of hydrogen-bond donors (Lipinski definition) is 3. The molecule has 186 valence electrons. The minimum Gasteiger partial charge on any atom is -0.373 e. The van der Waals surface area contributed by atoms with Gasteiger partial charge in [-0.2, -0.15) is 25.9 Å². The maximum absolute atomic E-state index is 14.9. The summed E-state index contributed by atoms with van der Waals surface area (Å²) in [7, 11) is 0. The second-order valence-corrected chi connectivity index (χ2v) is 9.26. The first kappa shape index (κ1) is 25.2. The molecular formula is C26H14Cl3FN8. The van der Waals surface area contributed by atoms with E-state index in [1.165, 1.54) is 18.3 Å². The van der Waals surface area contributed by atoms with Crippen LogP contribution in [0.1, 0.15) is 28.4 Å². The molecule has 0 saturated heterocycles. The Morgan fingerprint density at radius 2 is 1.74 bits per heavy atom. The summed E-state index contributed by atoms with van der Waals surface area (Å²) < 4.78 is 14.9. The molecule has 12 heteroatoms. The molecule has 8 nitrogen and oxygen atoms in total. The van der Waals surface area contributed by atoms with Gasteiger partial charge in [0.2, 0.25) is 0 Å². The van der Waals surface area contributed by atoms with E-state index in [-0.39, 0.29) is 27.0 Å². The highest BCUT2D eigenvalue weighted by Gasteiger charge is 2.20. The fraction of sp³-hybridized carbons (Fsp3) is 0.0385. The number of nitriles is 2. The molecule has 5 rings (SSSR count). The van der Waals surface area contributed by atoms with Gasteiger partial charge in [0, 0.05) is 17.3 Å². The molecule has 0 fully saturated rings. The summed E-state index contributed by atoms with van der Waals surface area (Å²) in [6, 6.07) is 17.0. The molecule has 0 saturated carbocycles. The standard InChI is InChI=1S/C26H14Cl3FN8/c27-18-5-6-20(23(30)22(18)29)36-24-15(10-32)11-33-26-17(24)7-16(8-19(26)28)35-25(21-12-34-38-37-21)14-3-1-13(9-31)2-4-14/h1-8,11-12,25,35H,(H,33,36)(H,34,37,38)/t25-/m0/s1. The first-order chi connectivity index (χ1) is 18.4. The predicted molar refractivity (Wildman–Crippen MR) is 144 cm³/mol. The van der Waals surface area contributed by atoms with Gasteiger partial charge < -0.3 is 10.6 Å². The molecule has 3 aromatic carbocycles. The third kappa shape index (κ3) is 4.79. The Kier molecular flexibility index (Phi) is 6.99. The van der Waals surface area contributed by atoms with E-state index in [1.54, 1.807) is 30.5 Å². The highest BCUT2D eigenvalue weighted by molar-refractivity contribution is 6.42. The highest BCUT2D eigenvalue weighted by atomic mass is 35.5. The minimum absolute atomic E-state index is 0.0240. The van der Waals surface area contributed by atoms with E-state index in [1.807, 2.05) is 12.1 Å². The Bertz CT molecular complexity index is 1740. The normalized spacial score (nSPS) is 11.5. The lowest BCUT2D eigenvalue weighted by atomic mass is 10.0. The number of hydrogen-bond acceptors (Lipinski definition) is 7. The van der Waals surface area contributed by atoms with Crippen LogP contribution in [0.4, 0.5) is 21.5 Å². The first-order valence-electron chi connectivity index (χ1n) is 10.9. The van der Waals surface area contributed by atoms with Gasteiger partial charge in [0.05, 0.1) is 61.4 Å². The van der Waals surface area contributed by atoms with E-state index in [9.17, 15) is 9.65 Å². The van der Waals surface area contributed by atoms with E-state index in [4.69, 9.17) is 40.1 Å². The fourth-order valence-corrected chi connectivity index (χ4v) is 4.49. The van der Waals surface area contributed by atoms with Gasteiger partial charge in [-0.05, 0) is 42.0 Å². The number of rotatable bonds is 6. The zero-order valence-corrected chi connectivity index (χ0v) is 21.4. The number of pyridine rings is 1. The Hall–Kier alpha value is -4.41. The van der Waals surface area contributed by atoms with Crippen LogP contribution in [0.2, 0.25) is 15.1 Å². The molecular weight excluding hydrogens is 550 g/mol. The molecule has 0 amide bonds. The van der Waals surface area contributed by atoms with Crippen molar-refractivity contribution >= 4 is 62.8 Å². The number of halogens is 4. The number of aromatic nitrogens is 4. The van der Waals surface area contributed by atoms with Crippen LogP contribution >= 0.6 is 34.8 Å². The summed E-state index contributed by atoms with van der Waals surface area (Å²) in [6.07, 6.45) is 2.93. The summed E-state index contributed by atoms with van der Waals surface area (Å²) in [5.41, 5.74) is 3.36. The summed E-state index contributed by atoms with van der Waals surface area (Å²) >= 11 is 18.5. The van der Waals surface area contributed by atoms with Crippen LogP contribution in [0.3, 0.4) is 0 Å². The summed E-state index contributed by atoms with van der Waals surface area (Å²) in [4.78, 5) is 4.33. The monoisotopic (exact) mass is 562 g/mol. The van der Waals surface area contributed by atoms with Crippen molar-refractivity contribution in [2.45, 2.75) is 6.04 Å². The quantitative estimate of drug-likeness (QED) is 0.187. The van der Waals surface area contributed by atoms with Gasteiger partial charge in [-0.1, -0.05) is 46.9 Å². The lowest BCUT2D eigenvalue weighted by Crippen LogP contribution is -2.13. The van der Waals surface area contributed by atoms with E-state index < -0.39 is 11.9 Å². The zero-order chi connectivity index (χ0) is 26.8. The van der Waals surface area contributed by atoms with Gasteiger partial charge in [0.15, 0.2) is 5.82 Å². The Morgan fingerprint density at radius 3 is 2.42 bits per heavy atom. The number of H-pyrrole nitrogens is 1. The zero-order valence-electron chi connectivity index (χ0n) is 19.1. The average Bonchev–Trinajstić information content (AvgIpc) is 3.47. The van der Waals surface area contributed by atoms with Crippen LogP contribution in [0, 0.1) is 28.5 Å². The largest absolute Gasteiger partial charge is 0.373 e. The lowest BCUT2D eigenvalue weighted by molar-refractivity contribution is 0.632. The Morgan fingerprint density at radius 1 is 0.947 bits per heavy atom. The van der Waals surface area contributed by atoms with E-state index >= 15 is 0 Å². The maximum Gasteiger partial charge on any atom is 0.166 e. The van der Waals surface area contributed by atoms with E-state index in [0.29, 0.717) is 32.9 Å². The number of nitrogens with one attached hydrogen (secondary N) is 3. The summed E-state index contributed by atoms with van der Waals surface area (Å²) in [6.45, 7) is 0. The lowest BCUT2D eigenvalue weighted by Gasteiger charge is -2.20. The van der Waals surface area contributed by atoms with Crippen molar-refractivity contribution in [1.82, 2.24) is 20.4 Å². The number of fused-ring (bicyclic) bond motifs is 1. The second kappa shape index (κ2) is 10.5. The molecule has 3 N–H and O–H groups in total. The molecule has 38 heavy (non-hydrogen) atoms. The van der Waals surface area contributed by atoms with Crippen LogP contribution in [-0.4, -0.2) is 20.4 Å². The first-order valence-corrected chi connectivity index (χ1v) is 12.1. The molecule has 0 unspecified atom stereocenters. The molecule has 0 bridgehead atoms. The third-order valence-electron chi connectivity index (χ3n) is 5.75. The van der Waals surface area contributed by atoms with Gasteiger partial charge in [-0.15, -0.1) is 0 Å². The molecule has 0 aliphatic carbocycles. The average molecular weight is 564 g/mol. The summed E-state index contributed by atoms with van der Waals surface area (Å²) in [5, 5.41) is 36.6. The van der Waals surface area contributed by atoms with Gasteiger partial charge in [0.1, 0.15) is 11.8 Å². The van der Waals surface area contributed by atoms with Crippen LogP contribution in [-0.2, 0) is 0 Å². The number of aromatic amines is 1. The maximum atomic E-state index is 14.9. The van der Waals surface area contributed by atoms with Crippen LogP contribution in [0.5, 0.6) is 0 Å². The molecule has 1 atom stereocenters. The van der Waals surface area contributed by atoms with Gasteiger partial charge in [-0.25, -0.2) is 4.39 Å².